The van der Waals surface area contributed by atoms with Gasteiger partial charge in [-0.15, -0.1) is 17.0 Å². The van der Waals surface area contributed by atoms with Gasteiger partial charge in [0.25, 0.3) is 0 Å². The van der Waals surface area contributed by atoms with Crippen molar-refractivity contribution in [1.82, 2.24) is 4.90 Å². The molecule has 0 spiro atoms. The van der Waals surface area contributed by atoms with Gasteiger partial charge in [0.05, 0.1) is 0 Å². The van der Waals surface area contributed by atoms with Crippen molar-refractivity contribution in [2.75, 3.05) is 13.6 Å². The molecule has 17 heavy (non-hydrogen) atoms. The van der Waals surface area contributed by atoms with Crippen molar-refractivity contribution in [1.29, 1.82) is 0 Å². The molecule has 2 aliphatic rings. The first-order chi connectivity index (χ1) is 7.75. The zero-order chi connectivity index (χ0) is 11.1. The number of phenols is 1. The summed E-state index contributed by atoms with van der Waals surface area (Å²) in [6.45, 7) is 1.23. The minimum atomic E-state index is 0. The van der Waals surface area contributed by atoms with Crippen LogP contribution in [0.4, 0.5) is 0 Å². The SMILES string of the molecule is Br.CN1CCC[C@@H]2Cc3c(O)cccc3C[C@H]21. The van der Waals surface area contributed by atoms with Crippen LogP contribution >= 0.6 is 17.0 Å². The van der Waals surface area contributed by atoms with E-state index in [0.29, 0.717) is 11.8 Å². The molecule has 94 valence electrons. The Bertz CT molecular complexity index is 407. The molecule has 1 aromatic carbocycles. The predicted octanol–water partition coefficient (Wildman–Crippen LogP) is 2.78. The smallest absolute Gasteiger partial charge is 0.119 e. The molecule has 3 heteroatoms. The second-order valence-electron chi connectivity index (χ2n) is 5.27. The van der Waals surface area contributed by atoms with Crippen molar-refractivity contribution in [2.24, 2.45) is 5.92 Å². The Morgan fingerprint density at radius 1 is 1.29 bits per heavy atom. The molecule has 1 fully saturated rings. The Hall–Kier alpha value is -0.540. The quantitative estimate of drug-likeness (QED) is 0.796. The highest BCUT2D eigenvalue weighted by Crippen LogP contribution is 2.37. The van der Waals surface area contributed by atoms with Crippen molar-refractivity contribution in [3.63, 3.8) is 0 Å². The molecule has 1 aliphatic carbocycles. The van der Waals surface area contributed by atoms with Crippen LogP contribution in [0.15, 0.2) is 18.2 Å². The van der Waals surface area contributed by atoms with Crippen LogP contribution < -0.4 is 0 Å². The Morgan fingerprint density at radius 2 is 2.12 bits per heavy atom. The van der Waals surface area contributed by atoms with E-state index in [1.165, 1.54) is 30.5 Å². The first kappa shape index (κ1) is 12.9. The minimum absolute atomic E-state index is 0. The number of hydrogen-bond donors (Lipinski definition) is 1. The lowest BCUT2D eigenvalue weighted by atomic mass is 9.75. The Labute approximate surface area is 113 Å². The molecule has 1 aliphatic heterocycles. The highest BCUT2D eigenvalue weighted by Gasteiger charge is 2.34. The zero-order valence-corrected chi connectivity index (χ0v) is 11.9. The van der Waals surface area contributed by atoms with Crippen LogP contribution in [0, 0.1) is 5.92 Å². The molecule has 2 nitrogen and oxygen atoms in total. The number of fused-ring (bicyclic) bond motifs is 2. The number of piperidine rings is 1. The summed E-state index contributed by atoms with van der Waals surface area (Å²) in [5.41, 5.74) is 2.56. The van der Waals surface area contributed by atoms with Crippen LogP contribution in [0.3, 0.4) is 0 Å². The van der Waals surface area contributed by atoms with Crippen LogP contribution in [-0.4, -0.2) is 29.6 Å². The van der Waals surface area contributed by atoms with Gasteiger partial charge in [0.15, 0.2) is 0 Å². The molecule has 0 amide bonds. The van der Waals surface area contributed by atoms with Crippen LogP contribution in [0.2, 0.25) is 0 Å². The number of phenolic OH excluding ortho intramolecular Hbond substituents is 1. The summed E-state index contributed by atoms with van der Waals surface area (Å²) in [7, 11) is 2.24. The number of benzene rings is 1. The van der Waals surface area contributed by atoms with E-state index in [1.54, 1.807) is 0 Å². The van der Waals surface area contributed by atoms with E-state index >= 15 is 0 Å². The molecule has 1 aromatic rings. The van der Waals surface area contributed by atoms with Crippen molar-refractivity contribution in [3.05, 3.63) is 29.3 Å². The highest BCUT2D eigenvalue weighted by atomic mass is 79.9. The van der Waals surface area contributed by atoms with Gasteiger partial charge in [-0.2, -0.15) is 0 Å². The number of aromatic hydroxyl groups is 1. The molecule has 0 bridgehead atoms. The summed E-state index contributed by atoms with van der Waals surface area (Å²) < 4.78 is 0. The third-order valence-corrected chi connectivity index (χ3v) is 4.34. The molecule has 3 rings (SSSR count). The van der Waals surface area contributed by atoms with Gasteiger partial charge in [-0.1, -0.05) is 12.1 Å². The Kier molecular flexibility index (Phi) is 3.79. The van der Waals surface area contributed by atoms with Gasteiger partial charge in [0.1, 0.15) is 5.75 Å². The summed E-state index contributed by atoms with van der Waals surface area (Å²) >= 11 is 0. The molecular weight excluding hydrogens is 278 g/mol. The van der Waals surface area contributed by atoms with E-state index in [-0.39, 0.29) is 17.0 Å². The van der Waals surface area contributed by atoms with E-state index in [4.69, 9.17) is 0 Å². The van der Waals surface area contributed by atoms with Gasteiger partial charge in [0.2, 0.25) is 0 Å². The average Bonchev–Trinajstić information content (AvgIpc) is 2.29. The average molecular weight is 298 g/mol. The van der Waals surface area contributed by atoms with E-state index in [0.717, 1.165) is 18.8 Å². The van der Waals surface area contributed by atoms with Gasteiger partial charge in [-0.05, 0) is 62.4 Å². The molecule has 0 saturated carbocycles. The lowest BCUT2D eigenvalue weighted by molar-refractivity contribution is 0.111. The molecule has 0 aromatic heterocycles. The Balaban J connectivity index is 0.00000108. The van der Waals surface area contributed by atoms with Crippen LogP contribution in [-0.2, 0) is 12.8 Å². The topological polar surface area (TPSA) is 23.5 Å². The lowest BCUT2D eigenvalue weighted by Crippen LogP contribution is -2.47. The second kappa shape index (κ2) is 4.99. The van der Waals surface area contributed by atoms with Crippen LogP contribution in [0.1, 0.15) is 24.0 Å². The molecule has 0 radical (unpaired) electrons. The molecule has 1 saturated heterocycles. The fourth-order valence-corrected chi connectivity index (χ4v) is 3.42. The van der Waals surface area contributed by atoms with Crippen LogP contribution in [0.5, 0.6) is 5.75 Å². The van der Waals surface area contributed by atoms with E-state index in [9.17, 15) is 5.11 Å². The zero-order valence-electron chi connectivity index (χ0n) is 10.2. The first-order valence-electron chi connectivity index (χ1n) is 6.25. The maximum atomic E-state index is 9.90. The van der Waals surface area contributed by atoms with Crippen molar-refractivity contribution < 1.29 is 5.11 Å². The second-order valence-corrected chi connectivity index (χ2v) is 5.27. The lowest BCUT2D eigenvalue weighted by Gasteiger charge is -2.43. The number of likely N-dealkylation sites (tertiary alicyclic amines) is 1. The first-order valence-corrected chi connectivity index (χ1v) is 6.25. The molecule has 0 unspecified atom stereocenters. The summed E-state index contributed by atoms with van der Waals surface area (Å²) in [4.78, 5) is 2.50. The summed E-state index contributed by atoms with van der Waals surface area (Å²) in [5.74, 6) is 1.25. The summed E-state index contributed by atoms with van der Waals surface area (Å²) in [6, 6.07) is 6.67. The van der Waals surface area contributed by atoms with E-state index < -0.39 is 0 Å². The third-order valence-electron chi connectivity index (χ3n) is 4.34. The molecule has 1 heterocycles. The van der Waals surface area contributed by atoms with Crippen molar-refractivity contribution >= 4 is 17.0 Å². The highest BCUT2D eigenvalue weighted by molar-refractivity contribution is 8.93. The normalized spacial score (nSPS) is 27.8. The van der Waals surface area contributed by atoms with Crippen molar-refractivity contribution in [3.8, 4) is 5.75 Å². The van der Waals surface area contributed by atoms with Gasteiger partial charge >= 0.3 is 0 Å². The Morgan fingerprint density at radius 3 is 2.94 bits per heavy atom. The number of likely N-dealkylation sites (N-methyl/N-ethyl adjacent to an activating group) is 1. The minimum Gasteiger partial charge on any atom is -0.508 e. The largest absolute Gasteiger partial charge is 0.508 e. The van der Waals surface area contributed by atoms with Gasteiger partial charge in [-0.25, -0.2) is 0 Å². The maximum absolute atomic E-state index is 9.90. The number of rotatable bonds is 0. The number of nitrogens with zero attached hydrogens (tertiary/aromatic N) is 1. The number of halogens is 1. The number of hydrogen-bond acceptors (Lipinski definition) is 2. The van der Waals surface area contributed by atoms with Crippen LogP contribution in [0.25, 0.3) is 0 Å². The van der Waals surface area contributed by atoms with Gasteiger partial charge in [-0.3, -0.25) is 0 Å². The fourth-order valence-electron chi connectivity index (χ4n) is 3.42. The summed E-state index contributed by atoms with van der Waals surface area (Å²) in [5, 5.41) is 9.90. The van der Waals surface area contributed by atoms with Gasteiger partial charge in [0, 0.05) is 6.04 Å². The van der Waals surface area contributed by atoms with E-state index in [1.807, 2.05) is 12.1 Å². The third kappa shape index (κ3) is 2.23. The standard InChI is InChI=1S/C14H19NO.BrH/c1-15-7-3-5-11-8-12-10(9-13(11)15)4-2-6-14(12)16;/h2,4,6,11,13,16H,3,5,7-9H2,1H3;1H/t11-,13-;/m1./s1. The fraction of sp³-hybridized carbons (Fsp3) is 0.571. The maximum Gasteiger partial charge on any atom is 0.119 e. The van der Waals surface area contributed by atoms with Crippen molar-refractivity contribution in [2.45, 2.75) is 31.7 Å². The molecule has 1 N–H and O–H groups in total. The predicted molar refractivity (Wildman–Crippen MR) is 75.0 cm³/mol. The monoisotopic (exact) mass is 297 g/mol. The van der Waals surface area contributed by atoms with E-state index in [2.05, 4.69) is 18.0 Å². The molecular formula is C14H20BrNO. The summed E-state index contributed by atoms with van der Waals surface area (Å²) in [6.07, 6.45) is 4.81. The molecule has 2 atom stereocenters. The van der Waals surface area contributed by atoms with Gasteiger partial charge < -0.3 is 10.0 Å².